The minimum absolute atomic E-state index is 0.0559. The average Bonchev–Trinajstić information content (AvgIpc) is 3.32. The number of phenols is 1. The number of amides is 1. The fourth-order valence-electron chi connectivity index (χ4n) is 3.61. The zero-order chi connectivity index (χ0) is 25.1. The van der Waals surface area contributed by atoms with E-state index in [-0.39, 0.29) is 34.5 Å². The fourth-order valence-corrected chi connectivity index (χ4v) is 3.61. The molecule has 10 nitrogen and oxygen atoms in total. The predicted molar refractivity (Wildman–Crippen MR) is 134 cm³/mol. The van der Waals surface area contributed by atoms with E-state index in [2.05, 4.69) is 35.5 Å². The van der Waals surface area contributed by atoms with Crippen LogP contribution in [-0.4, -0.2) is 30.8 Å². The van der Waals surface area contributed by atoms with Gasteiger partial charge >= 0.3 is 0 Å². The van der Waals surface area contributed by atoms with Crippen LogP contribution in [0.2, 0.25) is 0 Å². The van der Waals surface area contributed by atoms with Crippen LogP contribution < -0.4 is 5.32 Å². The molecule has 3 aromatic carbocycles. The van der Waals surface area contributed by atoms with E-state index in [1.807, 2.05) is 31.2 Å². The standard InChI is InChI=1S/C26H18N8O2/c1-16-8-10-18(11-9-16)31-25(36)22-19-7-4-3-6-17(19)14-20(23(22)35)32-33-24-21(27-2)15-30-34(24)26-28-12-5-13-29-26/h3-15,35H,1H3,(H,31,36). The highest BCUT2D eigenvalue weighted by Crippen LogP contribution is 2.39. The number of nitrogens with one attached hydrogen (secondary N) is 1. The molecule has 2 N–H and O–H groups in total. The van der Waals surface area contributed by atoms with Crippen molar-refractivity contribution < 1.29 is 9.90 Å². The molecule has 0 radical (unpaired) electrons. The number of carbonyl (C=O) groups is 1. The molecule has 2 aromatic heterocycles. The Morgan fingerprint density at radius 2 is 1.81 bits per heavy atom. The number of hydrogen-bond donors (Lipinski definition) is 2. The third-order valence-corrected chi connectivity index (χ3v) is 5.38. The number of phenolic OH excluding ortho intramolecular Hbond substituents is 1. The van der Waals surface area contributed by atoms with Crippen LogP contribution in [0.4, 0.5) is 22.9 Å². The van der Waals surface area contributed by atoms with Crippen LogP contribution in [0, 0.1) is 13.5 Å². The monoisotopic (exact) mass is 474 g/mol. The van der Waals surface area contributed by atoms with Crippen molar-refractivity contribution in [2.24, 2.45) is 10.2 Å². The molecule has 0 aliphatic carbocycles. The van der Waals surface area contributed by atoms with E-state index in [0.717, 1.165) is 5.56 Å². The van der Waals surface area contributed by atoms with Crippen LogP contribution in [0.25, 0.3) is 21.6 Å². The van der Waals surface area contributed by atoms with Crippen LogP contribution in [0.1, 0.15) is 15.9 Å². The number of aromatic hydroxyl groups is 1. The second-order valence-electron chi connectivity index (χ2n) is 7.79. The van der Waals surface area contributed by atoms with Gasteiger partial charge in [-0.05, 0) is 42.0 Å². The van der Waals surface area contributed by atoms with Gasteiger partial charge in [0.25, 0.3) is 17.5 Å². The SMILES string of the molecule is [C-]#[N+]c1cnn(-c2ncccn2)c1N=Nc1cc2ccccc2c(C(=O)Nc2ccc(C)cc2)c1O. The smallest absolute Gasteiger partial charge is 0.260 e. The van der Waals surface area contributed by atoms with Gasteiger partial charge in [0, 0.05) is 18.1 Å². The summed E-state index contributed by atoms with van der Waals surface area (Å²) in [5, 5.41) is 27.7. The molecule has 36 heavy (non-hydrogen) atoms. The van der Waals surface area contributed by atoms with Gasteiger partial charge in [-0.15, -0.1) is 10.2 Å². The van der Waals surface area contributed by atoms with Crippen LogP contribution in [0.15, 0.2) is 89.5 Å². The number of azo groups is 1. The minimum Gasteiger partial charge on any atom is -0.505 e. The first-order valence-electron chi connectivity index (χ1n) is 10.8. The molecule has 0 atom stereocenters. The normalized spacial score (nSPS) is 11.0. The molecule has 2 heterocycles. The number of hydrogen-bond acceptors (Lipinski definition) is 7. The van der Waals surface area contributed by atoms with Gasteiger partial charge in [0.05, 0.1) is 18.3 Å². The summed E-state index contributed by atoms with van der Waals surface area (Å²) < 4.78 is 1.28. The van der Waals surface area contributed by atoms with Crippen LogP contribution in [-0.2, 0) is 0 Å². The highest BCUT2D eigenvalue weighted by molar-refractivity contribution is 6.16. The Hall–Kier alpha value is -5.43. The number of aromatic nitrogens is 4. The first-order chi connectivity index (χ1) is 17.5. The topological polar surface area (TPSA) is 122 Å². The van der Waals surface area contributed by atoms with Crippen molar-refractivity contribution in [1.82, 2.24) is 19.7 Å². The lowest BCUT2D eigenvalue weighted by Crippen LogP contribution is -2.12. The van der Waals surface area contributed by atoms with Gasteiger partial charge in [0.2, 0.25) is 0 Å². The number of carbonyl (C=O) groups excluding carboxylic acids is 1. The summed E-state index contributed by atoms with van der Waals surface area (Å²) in [6.45, 7) is 9.38. The predicted octanol–water partition coefficient (Wildman–Crippen LogP) is 6.05. The summed E-state index contributed by atoms with van der Waals surface area (Å²) in [5.41, 5.74) is 1.90. The van der Waals surface area contributed by atoms with Crippen LogP contribution in [0.3, 0.4) is 0 Å². The maximum absolute atomic E-state index is 13.2. The third-order valence-electron chi connectivity index (χ3n) is 5.38. The summed E-state index contributed by atoms with van der Waals surface area (Å²) in [4.78, 5) is 24.9. The number of rotatable bonds is 5. The van der Waals surface area contributed by atoms with Gasteiger partial charge in [-0.2, -0.15) is 9.78 Å². The van der Waals surface area contributed by atoms with E-state index < -0.39 is 5.91 Å². The van der Waals surface area contributed by atoms with Gasteiger partial charge < -0.3 is 10.4 Å². The van der Waals surface area contributed by atoms with Crippen molar-refractivity contribution in [3.63, 3.8) is 0 Å². The Morgan fingerprint density at radius 1 is 1.06 bits per heavy atom. The summed E-state index contributed by atoms with van der Waals surface area (Å²) in [7, 11) is 0. The molecule has 5 aromatic rings. The summed E-state index contributed by atoms with van der Waals surface area (Å²) in [5.74, 6) is -0.528. The van der Waals surface area contributed by atoms with E-state index in [1.165, 1.54) is 23.3 Å². The molecule has 0 saturated heterocycles. The lowest BCUT2D eigenvalue weighted by molar-refractivity contribution is 0.102. The maximum Gasteiger partial charge on any atom is 0.260 e. The van der Waals surface area contributed by atoms with Gasteiger partial charge in [-0.1, -0.05) is 42.0 Å². The van der Waals surface area contributed by atoms with Gasteiger partial charge in [-0.3, -0.25) is 4.79 Å². The van der Waals surface area contributed by atoms with Gasteiger partial charge in [0.1, 0.15) is 5.69 Å². The number of aryl methyl sites for hydroxylation is 1. The van der Waals surface area contributed by atoms with E-state index in [1.54, 1.807) is 36.4 Å². The second kappa shape index (κ2) is 9.44. The largest absolute Gasteiger partial charge is 0.505 e. The Morgan fingerprint density at radius 3 is 2.56 bits per heavy atom. The number of nitrogens with zero attached hydrogens (tertiary/aromatic N) is 7. The minimum atomic E-state index is -0.492. The fraction of sp³-hybridized carbons (Fsp3) is 0.0385. The van der Waals surface area contributed by atoms with Gasteiger partial charge in [0.15, 0.2) is 11.6 Å². The second-order valence-corrected chi connectivity index (χ2v) is 7.79. The van der Waals surface area contributed by atoms with Crippen molar-refractivity contribution >= 4 is 39.6 Å². The molecule has 0 spiro atoms. The molecule has 1 amide bonds. The van der Waals surface area contributed by atoms with E-state index in [0.29, 0.717) is 16.5 Å². The summed E-state index contributed by atoms with van der Waals surface area (Å²) in [6.07, 6.45) is 4.41. The molecular weight excluding hydrogens is 456 g/mol. The molecule has 10 heteroatoms. The molecule has 0 fully saturated rings. The molecule has 5 rings (SSSR count). The first kappa shape index (κ1) is 22.4. The summed E-state index contributed by atoms with van der Waals surface area (Å²) >= 11 is 0. The molecule has 174 valence electrons. The number of benzene rings is 3. The quantitative estimate of drug-likeness (QED) is 0.237. The zero-order valence-electron chi connectivity index (χ0n) is 19.0. The van der Waals surface area contributed by atoms with Crippen LogP contribution in [0.5, 0.6) is 5.75 Å². The lowest BCUT2D eigenvalue weighted by atomic mass is 10.0. The number of fused-ring (bicyclic) bond motifs is 1. The van der Waals surface area contributed by atoms with Crippen molar-refractivity contribution in [3.05, 3.63) is 102 Å². The van der Waals surface area contributed by atoms with Crippen LogP contribution >= 0.6 is 0 Å². The Kier molecular flexibility index (Phi) is 5.86. The molecular formula is C26H18N8O2. The maximum atomic E-state index is 13.2. The van der Waals surface area contributed by atoms with E-state index in [4.69, 9.17) is 6.57 Å². The Balaban J connectivity index is 1.59. The first-order valence-corrected chi connectivity index (χ1v) is 10.8. The van der Waals surface area contributed by atoms with E-state index in [9.17, 15) is 9.90 Å². The van der Waals surface area contributed by atoms with E-state index >= 15 is 0 Å². The Bertz CT molecular complexity index is 1650. The highest BCUT2D eigenvalue weighted by Gasteiger charge is 2.20. The molecule has 0 saturated carbocycles. The zero-order valence-corrected chi connectivity index (χ0v) is 19.0. The summed E-state index contributed by atoms with van der Waals surface area (Å²) in [6, 6.07) is 17.8. The lowest BCUT2D eigenvalue weighted by Gasteiger charge is -2.12. The third kappa shape index (κ3) is 4.24. The van der Waals surface area contributed by atoms with Gasteiger partial charge in [-0.25, -0.2) is 14.8 Å². The molecule has 0 aliphatic rings. The van der Waals surface area contributed by atoms with Crippen molar-refractivity contribution in [2.45, 2.75) is 6.92 Å². The number of anilines is 1. The average molecular weight is 474 g/mol. The molecule has 0 unspecified atom stereocenters. The van der Waals surface area contributed by atoms with Crippen molar-refractivity contribution in [2.75, 3.05) is 5.32 Å². The molecule has 0 bridgehead atoms. The van der Waals surface area contributed by atoms with Crippen molar-refractivity contribution in [3.8, 4) is 11.7 Å². The highest BCUT2D eigenvalue weighted by atomic mass is 16.3. The van der Waals surface area contributed by atoms with Crippen molar-refractivity contribution in [1.29, 1.82) is 0 Å². The Labute approximate surface area is 205 Å². The molecule has 0 aliphatic heterocycles.